The van der Waals surface area contributed by atoms with E-state index >= 15 is 0 Å². The van der Waals surface area contributed by atoms with E-state index in [0.717, 1.165) is 42.1 Å². The van der Waals surface area contributed by atoms with Crippen LogP contribution in [0.15, 0.2) is 28.2 Å². The summed E-state index contributed by atoms with van der Waals surface area (Å²) < 4.78 is 5.49. The highest BCUT2D eigenvalue weighted by molar-refractivity contribution is 7.97. The fourth-order valence-electron chi connectivity index (χ4n) is 4.06. The van der Waals surface area contributed by atoms with Crippen molar-refractivity contribution in [1.82, 2.24) is 14.1 Å². The van der Waals surface area contributed by atoms with Crippen LogP contribution in [0.5, 0.6) is 0 Å². The van der Waals surface area contributed by atoms with E-state index in [0.29, 0.717) is 11.9 Å². The first-order chi connectivity index (χ1) is 14.1. The van der Waals surface area contributed by atoms with Gasteiger partial charge in [-0.3, -0.25) is 9.03 Å². The van der Waals surface area contributed by atoms with E-state index in [1.807, 2.05) is 7.05 Å². The standard InChI is InChI=1S/C20H35N7S2/c1-23-29-17-8-9-19(24-15-6-4-3-5-7-15)18(14-17)20(21)25-27(22)16-10-12-26(28-2)13-11-16/h8-9,14-16,23-24H,3-7,10-13,22H2,1-2H3,(H2,21,25). The fraction of sp³-hybridized carbons (Fsp3) is 0.650. The van der Waals surface area contributed by atoms with Crippen LogP contribution in [0.3, 0.4) is 0 Å². The molecule has 6 N–H and O–H groups in total. The molecule has 162 valence electrons. The Morgan fingerprint density at radius 2 is 1.90 bits per heavy atom. The number of hydrogen-bond donors (Lipinski definition) is 4. The molecule has 0 unspecified atom stereocenters. The number of piperidine rings is 1. The molecule has 0 radical (unpaired) electrons. The van der Waals surface area contributed by atoms with Crippen LogP contribution in [-0.4, -0.2) is 53.7 Å². The maximum atomic E-state index is 6.47. The molecule has 2 aliphatic rings. The maximum Gasteiger partial charge on any atom is 0.154 e. The average Bonchev–Trinajstić information content (AvgIpc) is 2.75. The molecule has 0 atom stereocenters. The second-order valence-electron chi connectivity index (χ2n) is 7.70. The quantitative estimate of drug-likeness (QED) is 0.162. The Bertz CT molecular complexity index is 671. The van der Waals surface area contributed by atoms with E-state index in [2.05, 4.69) is 43.9 Å². The van der Waals surface area contributed by atoms with Gasteiger partial charge in [0.25, 0.3) is 0 Å². The maximum absolute atomic E-state index is 6.47. The lowest BCUT2D eigenvalue weighted by atomic mass is 9.95. The van der Waals surface area contributed by atoms with Gasteiger partial charge < -0.3 is 11.1 Å². The number of nitrogens with one attached hydrogen (secondary N) is 2. The van der Waals surface area contributed by atoms with E-state index < -0.39 is 0 Å². The van der Waals surface area contributed by atoms with Gasteiger partial charge in [-0.05, 0) is 69.1 Å². The SMILES string of the molecule is CNSc1ccc(NC2CCCCC2)c(/C(N)=N/N(N)C2CCN(SC)CC2)c1. The summed E-state index contributed by atoms with van der Waals surface area (Å²) in [5.74, 6) is 6.78. The Morgan fingerprint density at radius 1 is 1.17 bits per heavy atom. The number of hydrazine groups is 1. The molecular weight excluding hydrogens is 402 g/mol. The summed E-state index contributed by atoms with van der Waals surface area (Å²) in [6.07, 6.45) is 10.4. The van der Waals surface area contributed by atoms with Gasteiger partial charge in [0.15, 0.2) is 5.84 Å². The van der Waals surface area contributed by atoms with E-state index in [9.17, 15) is 0 Å². The Labute approximate surface area is 183 Å². The minimum atomic E-state index is 0.224. The zero-order chi connectivity index (χ0) is 20.6. The molecule has 1 saturated carbocycles. The number of anilines is 1. The van der Waals surface area contributed by atoms with Crippen molar-refractivity contribution in [1.29, 1.82) is 0 Å². The Kier molecular flexibility index (Phi) is 8.80. The smallest absolute Gasteiger partial charge is 0.154 e. The summed E-state index contributed by atoms with van der Waals surface area (Å²) in [7, 11) is 1.92. The van der Waals surface area contributed by atoms with Crippen molar-refractivity contribution < 1.29 is 0 Å². The third-order valence-corrected chi connectivity index (χ3v) is 7.31. The van der Waals surface area contributed by atoms with Crippen molar-refractivity contribution in [2.45, 2.75) is 61.9 Å². The van der Waals surface area contributed by atoms with Gasteiger partial charge >= 0.3 is 0 Å². The van der Waals surface area contributed by atoms with Gasteiger partial charge in [-0.15, -0.1) is 5.10 Å². The summed E-state index contributed by atoms with van der Waals surface area (Å²) >= 11 is 3.36. The lowest BCUT2D eigenvalue weighted by Gasteiger charge is -2.33. The Hall–Kier alpha value is -1.13. The van der Waals surface area contributed by atoms with Crippen molar-refractivity contribution in [3.05, 3.63) is 23.8 Å². The molecule has 2 fully saturated rings. The van der Waals surface area contributed by atoms with Gasteiger partial charge in [0, 0.05) is 35.3 Å². The first-order valence-corrected chi connectivity index (χ1v) is 12.5. The molecule has 3 rings (SSSR count). The first-order valence-electron chi connectivity index (χ1n) is 10.5. The van der Waals surface area contributed by atoms with Crippen molar-refractivity contribution in [2.24, 2.45) is 16.7 Å². The highest BCUT2D eigenvalue weighted by Gasteiger charge is 2.23. The number of nitrogens with two attached hydrogens (primary N) is 2. The second-order valence-corrected chi connectivity index (χ2v) is 9.67. The summed E-state index contributed by atoms with van der Waals surface area (Å²) in [5.41, 5.74) is 8.44. The van der Waals surface area contributed by atoms with Crippen LogP contribution in [-0.2, 0) is 0 Å². The summed E-state index contributed by atoms with van der Waals surface area (Å²) in [6.45, 7) is 2.05. The highest BCUT2D eigenvalue weighted by atomic mass is 32.2. The number of amidine groups is 1. The van der Waals surface area contributed by atoms with Crippen LogP contribution in [0, 0.1) is 0 Å². The molecule has 9 heteroatoms. The molecular formula is C20H35N7S2. The minimum Gasteiger partial charge on any atom is -0.382 e. The number of benzene rings is 1. The predicted molar refractivity (Wildman–Crippen MR) is 127 cm³/mol. The third-order valence-electron chi connectivity index (χ3n) is 5.73. The topological polar surface area (TPSA) is 94.9 Å². The van der Waals surface area contributed by atoms with Crippen molar-refractivity contribution in [2.75, 3.05) is 31.7 Å². The molecule has 1 saturated heterocycles. The highest BCUT2D eigenvalue weighted by Crippen LogP contribution is 2.27. The monoisotopic (exact) mass is 437 g/mol. The van der Waals surface area contributed by atoms with E-state index in [4.69, 9.17) is 11.6 Å². The summed E-state index contributed by atoms with van der Waals surface area (Å²) in [6, 6.07) is 7.05. The van der Waals surface area contributed by atoms with Crippen LogP contribution in [0.25, 0.3) is 0 Å². The molecule has 1 aromatic rings. The molecule has 29 heavy (non-hydrogen) atoms. The van der Waals surface area contributed by atoms with Crippen LogP contribution in [0.2, 0.25) is 0 Å². The molecule has 0 spiro atoms. The summed E-state index contributed by atoms with van der Waals surface area (Å²) in [5, 5.41) is 9.87. The molecule has 0 aromatic heterocycles. The molecule has 0 bridgehead atoms. The van der Waals surface area contributed by atoms with E-state index in [1.165, 1.54) is 32.1 Å². The zero-order valence-electron chi connectivity index (χ0n) is 17.6. The van der Waals surface area contributed by atoms with Crippen LogP contribution in [0.1, 0.15) is 50.5 Å². The van der Waals surface area contributed by atoms with E-state index in [1.54, 1.807) is 29.0 Å². The summed E-state index contributed by atoms with van der Waals surface area (Å²) in [4.78, 5) is 1.10. The molecule has 7 nitrogen and oxygen atoms in total. The first kappa shape index (κ1) is 22.6. The van der Waals surface area contributed by atoms with E-state index in [-0.39, 0.29) is 6.04 Å². The van der Waals surface area contributed by atoms with Crippen molar-refractivity contribution in [3.63, 3.8) is 0 Å². The Morgan fingerprint density at radius 3 is 2.55 bits per heavy atom. The lowest BCUT2D eigenvalue weighted by Crippen LogP contribution is -2.45. The largest absolute Gasteiger partial charge is 0.382 e. The van der Waals surface area contributed by atoms with Gasteiger partial charge in [-0.2, -0.15) is 0 Å². The predicted octanol–water partition coefficient (Wildman–Crippen LogP) is 3.20. The van der Waals surface area contributed by atoms with Gasteiger partial charge in [0.05, 0.1) is 6.04 Å². The fourth-order valence-corrected chi connectivity index (χ4v) is 5.18. The number of hydrogen-bond acceptors (Lipinski definition) is 8. The second kappa shape index (κ2) is 11.3. The zero-order valence-corrected chi connectivity index (χ0v) is 19.2. The van der Waals surface area contributed by atoms with Gasteiger partial charge in [0.2, 0.25) is 0 Å². The Balaban J connectivity index is 1.76. The molecule has 1 heterocycles. The third kappa shape index (κ3) is 6.42. The van der Waals surface area contributed by atoms with Gasteiger partial charge in [-0.25, -0.2) is 11.0 Å². The number of hydrazone groups is 1. The lowest BCUT2D eigenvalue weighted by molar-refractivity contribution is 0.150. The van der Waals surface area contributed by atoms with Gasteiger partial charge in [0.1, 0.15) is 0 Å². The molecule has 1 aliphatic carbocycles. The van der Waals surface area contributed by atoms with Crippen LogP contribution in [0.4, 0.5) is 5.69 Å². The minimum absolute atomic E-state index is 0.224. The molecule has 0 amide bonds. The molecule has 1 aliphatic heterocycles. The molecule has 1 aromatic carbocycles. The van der Waals surface area contributed by atoms with Crippen LogP contribution >= 0.6 is 23.9 Å². The number of rotatable bonds is 8. The van der Waals surface area contributed by atoms with Crippen molar-refractivity contribution in [3.8, 4) is 0 Å². The van der Waals surface area contributed by atoms with Crippen molar-refractivity contribution >= 4 is 35.4 Å². The van der Waals surface area contributed by atoms with Crippen LogP contribution < -0.4 is 21.6 Å². The number of nitrogens with zero attached hydrogens (tertiary/aromatic N) is 3. The van der Waals surface area contributed by atoms with Gasteiger partial charge in [-0.1, -0.05) is 31.2 Å². The normalized spacial score (nSPS) is 20.0. The average molecular weight is 438 g/mol.